The van der Waals surface area contributed by atoms with Gasteiger partial charge in [-0.25, -0.2) is 9.79 Å². The van der Waals surface area contributed by atoms with Crippen LogP contribution in [-0.4, -0.2) is 66.9 Å². The third kappa shape index (κ3) is 5.52. The average molecular weight is 514 g/mol. The number of H-pyrrole nitrogens is 1. The number of esters is 1. The molecule has 1 heterocycles. The van der Waals surface area contributed by atoms with E-state index in [1.165, 1.54) is 4.90 Å². The summed E-state index contributed by atoms with van der Waals surface area (Å²) in [6.45, 7) is 2.27. The number of amides is 1. The Morgan fingerprint density at radius 2 is 1.74 bits per heavy atom. The molecule has 38 heavy (non-hydrogen) atoms. The lowest BCUT2D eigenvalue weighted by Crippen LogP contribution is -2.35. The van der Waals surface area contributed by atoms with Crippen LogP contribution in [0.2, 0.25) is 0 Å². The molecule has 0 unspecified atom stereocenters. The van der Waals surface area contributed by atoms with Crippen LogP contribution in [0.15, 0.2) is 71.7 Å². The number of aliphatic imine (C=N–C) groups is 1. The Kier molecular flexibility index (Phi) is 7.78. The number of hydrogen-bond acceptors (Lipinski definition) is 7. The van der Waals surface area contributed by atoms with Gasteiger partial charge >= 0.3 is 5.97 Å². The van der Waals surface area contributed by atoms with Crippen LogP contribution in [0, 0.1) is 0 Å². The molecule has 3 aromatic carbocycles. The zero-order valence-corrected chi connectivity index (χ0v) is 21.9. The molecule has 1 amide bonds. The van der Waals surface area contributed by atoms with Crippen molar-refractivity contribution in [2.75, 3.05) is 44.9 Å². The van der Waals surface area contributed by atoms with Crippen LogP contribution in [0.3, 0.4) is 0 Å². The van der Waals surface area contributed by atoms with Crippen molar-refractivity contribution < 1.29 is 19.4 Å². The summed E-state index contributed by atoms with van der Waals surface area (Å²) in [5.41, 5.74) is 10.6. The highest BCUT2D eigenvalue weighted by Gasteiger charge is 2.21. The fraction of sp³-hybridized carbons (Fsp3) is 0.207. The van der Waals surface area contributed by atoms with E-state index in [0.29, 0.717) is 44.8 Å². The van der Waals surface area contributed by atoms with Crippen LogP contribution in [-0.2, 0) is 9.53 Å². The summed E-state index contributed by atoms with van der Waals surface area (Å²) in [4.78, 5) is 35.9. The fourth-order valence-corrected chi connectivity index (χ4v) is 4.18. The van der Waals surface area contributed by atoms with Crippen molar-refractivity contribution in [2.24, 2.45) is 4.99 Å². The summed E-state index contributed by atoms with van der Waals surface area (Å²) in [7, 11) is 5.34. The molecule has 0 radical (unpaired) electrons. The van der Waals surface area contributed by atoms with Crippen molar-refractivity contribution in [2.45, 2.75) is 6.92 Å². The maximum atomic E-state index is 12.5. The minimum absolute atomic E-state index is 0.0813. The summed E-state index contributed by atoms with van der Waals surface area (Å²) in [5.74, 6) is -0.609. The number of fused-ring (bicyclic) bond motifs is 1. The van der Waals surface area contributed by atoms with E-state index in [9.17, 15) is 14.7 Å². The van der Waals surface area contributed by atoms with Gasteiger partial charge in [-0.15, -0.1) is 0 Å². The van der Waals surface area contributed by atoms with E-state index in [1.807, 2.05) is 44.4 Å². The predicted octanol–water partition coefficient (Wildman–Crippen LogP) is 4.33. The van der Waals surface area contributed by atoms with Crippen molar-refractivity contribution in [1.82, 2.24) is 9.88 Å². The Morgan fingerprint density at radius 1 is 1.00 bits per heavy atom. The third-order valence-electron chi connectivity index (χ3n) is 6.01. The molecule has 0 bridgehead atoms. The highest BCUT2D eigenvalue weighted by molar-refractivity contribution is 6.22. The fourth-order valence-electron chi connectivity index (χ4n) is 4.18. The highest BCUT2D eigenvalue weighted by atomic mass is 16.5. The maximum absolute atomic E-state index is 12.5. The van der Waals surface area contributed by atoms with Gasteiger partial charge in [0.2, 0.25) is 5.91 Å². The van der Waals surface area contributed by atoms with Crippen molar-refractivity contribution >= 4 is 45.6 Å². The lowest BCUT2D eigenvalue weighted by atomic mass is 10.00. The third-order valence-corrected chi connectivity index (χ3v) is 6.01. The molecule has 0 saturated heterocycles. The number of nitrogen functional groups attached to an aromatic ring is 1. The maximum Gasteiger partial charge on any atom is 0.338 e. The second-order valence-electron chi connectivity index (χ2n) is 9.09. The van der Waals surface area contributed by atoms with Crippen LogP contribution in [0.5, 0.6) is 5.88 Å². The van der Waals surface area contributed by atoms with Gasteiger partial charge in [-0.05, 0) is 51.4 Å². The number of nitrogens with one attached hydrogen (secondary N) is 1. The summed E-state index contributed by atoms with van der Waals surface area (Å²) in [6, 6.07) is 19.8. The lowest BCUT2D eigenvalue weighted by Gasteiger charge is -2.21. The molecule has 1 aromatic heterocycles. The van der Waals surface area contributed by atoms with Gasteiger partial charge in [0.25, 0.3) is 0 Å². The molecular weight excluding hydrogens is 482 g/mol. The van der Waals surface area contributed by atoms with Crippen LogP contribution < -0.4 is 10.6 Å². The van der Waals surface area contributed by atoms with Crippen molar-refractivity contribution in [3.63, 3.8) is 0 Å². The SMILES string of the molecule is CCOC(=O)c1ccc2c(C(=Nc3ccc(N(C)C(=O)CN(C)C)c(N)c3)c3ccccc3)c(O)[nH]c2c1. The summed E-state index contributed by atoms with van der Waals surface area (Å²) in [5, 5.41) is 11.6. The highest BCUT2D eigenvalue weighted by Crippen LogP contribution is 2.34. The lowest BCUT2D eigenvalue weighted by molar-refractivity contribution is -0.118. The van der Waals surface area contributed by atoms with Crippen LogP contribution in [0.25, 0.3) is 10.9 Å². The molecule has 4 aromatic rings. The molecule has 4 rings (SSSR count). The first-order valence-corrected chi connectivity index (χ1v) is 12.2. The van der Waals surface area contributed by atoms with Crippen LogP contribution in [0.1, 0.15) is 28.4 Å². The molecule has 9 nitrogen and oxygen atoms in total. The van der Waals surface area contributed by atoms with E-state index >= 15 is 0 Å². The Hall–Kier alpha value is -4.63. The van der Waals surface area contributed by atoms with Gasteiger partial charge in [-0.1, -0.05) is 36.4 Å². The number of hydrogen-bond donors (Lipinski definition) is 3. The van der Waals surface area contributed by atoms with Gasteiger partial charge in [0.1, 0.15) is 0 Å². The molecule has 0 fully saturated rings. The zero-order chi connectivity index (χ0) is 27.4. The monoisotopic (exact) mass is 513 g/mol. The topological polar surface area (TPSA) is 124 Å². The minimum atomic E-state index is -0.438. The van der Waals surface area contributed by atoms with E-state index < -0.39 is 5.97 Å². The number of nitrogens with two attached hydrogens (primary N) is 1. The van der Waals surface area contributed by atoms with Crippen LogP contribution >= 0.6 is 0 Å². The van der Waals surface area contributed by atoms with E-state index in [4.69, 9.17) is 15.5 Å². The van der Waals surface area contributed by atoms with Gasteiger partial charge in [-0.2, -0.15) is 0 Å². The summed E-state index contributed by atoms with van der Waals surface area (Å²) in [6.07, 6.45) is 0. The number of aromatic hydroxyl groups is 1. The van der Waals surface area contributed by atoms with E-state index in [2.05, 4.69) is 4.98 Å². The number of anilines is 2. The predicted molar refractivity (Wildman–Crippen MR) is 150 cm³/mol. The molecule has 196 valence electrons. The number of ether oxygens (including phenoxy) is 1. The van der Waals surface area contributed by atoms with Crippen molar-refractivity contribution in [1.29, 1.82) is 0 Å². The molecule has 0 aliphatic heterocycles. The van der Waals surface area contributed by atoms with Gasteiger partial charge in [0.15, 0.2) is 5.88 Å². The minimum Gasteiger partial charge on any atom is -0.494 e. The molecule has 0 aliphatic carbocycles. The Bertz CT molecular complexity index is 1510. The Labute approximate surface area is 221 Å². The zero-order valence-electron chi connectivity index (χ0n) is 21.9. The Morgan fingerprint density at radius 3 is 2.39 bits per heavy atom. The number of carbonyl (C=O) groups excluding carboxylic acids is 2. The first-order chi connectivity index (χ1) is 18.2. The average Bonchev–Trinajstić information content (AvgIpc) is 3.21. The number of aromatic amines is 1. The number of benzene rings is 3. The van der Waals surface area contributed by atoms with Gasteiger partial charge in [-0.3, -0.25) is 4.79 Å². The van der Waals surface area contributed by atoms with E-state index in [-0.39, 0.29) is 24.9 Å². The molecule has 0 aliphatic rings. The largest absolute Gasteiger partial charge is 0.494 e. The second kappa shape index (κ2) is 11.2. The smallest absolute Gasteiger partial charge is 0.338 e. The van der Waals surface area contributed by atoms with Crippen molar-refractivity contribution in [3.8, 4) is 5.88 Å². The number of likely N-dealkylation sites (N-methyl/N-ethyl adjacent to an activating group) is 2. The van der Waals surface area contributed by atoms with Crippen LogP contribution in [0.4, 0.5) is 17.1 Å². The summed E-state index contributed by atoms with van der Waals surface area (Å²) < 4.78 is 5.10. The van der Waals surface area contributed by atoms with Crippen molar-refractivity contribution in [3.05, 3.63) is 83.4 Å². The second-order valence-corrected chi connectivity index (χ2v) is 9.09. The number of nitrogens with zero attached hydrogens (tertiary/aromatic N) is 3. The van der Waals surface area contributed by atoms with Gasteiger partial charge in [0, 0.05) is 23.5 Å². The summed E-state index contributed by atoms with van der Waals surface area (Å²) >= 11 is 0. The molecular formula is C29H31N5O4. The molecule has 9 heteroatoms. The first-order valence-electron chi connectivity index (χ1n) is 12.2. The van der Waals surface area contributed by atoms with E-state index in [1.54, 1.807) is 55.3 Å². The first kappa shape index (κ1) is 26.4. The quantitative estimate of drug-likeness (QED) is 0.183. The Balaban J connectivity index is 1.80. The number of aromatic nitrogens is 1. The van der Waals surface area contributed by atoms with E-state index in [0.717, 1.165) is 5.56 Å². The van der Waals surface area contributed by atoms with Gasteiger partial charge < -0.3 is 30.4 Å². The molecule has 4 N–H and O–H groups in total. The molecule has 0 atom stereocenters. The van der Waals surface area contributed by atoms with Gasteiger partial charge in [0.05, 0.1) is 47.1 Å². The molecule has 0 saturated carbocycles. The number of rotatable bonds is 8. The molecule has 0 spiro atoms. The standard InChI is InChI=1S/C29H31N5O4/c1-5-38-29(37)19-11-13-21-23(15-19)32-28(36)26(21)27(18-9-7-6-8-10-18)31-20-12-14-24(22(30)16-20)34(4)25(35)17-33(2)3/h6-16,32,36H,5,17,30H2,1-4H3. The number of carbonyl (C=O) groups is 2. The normalized spacial score (nSPS) is 11.7.